The van der Waals surface area contributed by atoms with Crippen molar-refractivity contribution in [2.75, 3.05) is 50.9 Å². The molecule has 0 aliphatic carbocycles. The van der Waals surface area contributed by atoms with Crippen molar-refractivity contribution in [2.24, 2.45) is 0 Å². The molecule has 3 aromatic rings. The van der Waals surface area contributed by atoms with E-state index in [9.17, 15) is 13.6 Å². The number of carbonyl (C=O) groups is 1. The highest BCUT2D eigenvalue weighted by atomic mass is 32.1. The van der Waals surface area contributed by atoms with E-state index in [1.807, 2.05) is 0 Å². The molecule has 0 radical (unpaired) electrons. The zero-order valence-electron chi connectivity index (χ0n) is 16.9. The van der Waals surface area contributed by atoms with Gasteiger partial charge in [-0.05, 0) is 30.7 Å². The first kappa shape index (κ1) is 21.6. The van der Waals surface area contributed by atoms with Crippen molar-refractivity contribution in [3.63, 3.8) is 0 Å². The van der Waals surface area contributed by atoms with Crippen LogP contribution in [-0.2, 0) is 9.53 Å². The number of rotatable bonds is 8. The standard InChI is InChI=1S/C22H23F2N3O3S/c23-16-5-1-2-7-18(16)30-15-20(28)27(10-4-9-26-11-13-29-14-12-26)22-25-21-17(24)6-3-8-19(21)31-22/h1-3,5-8H,4,9-15H2. The minimum atomic E-state index is -0.531. The van der Waals surface area contributed by atoms with Gasteiger partial charge in [-0.15, -0.1) is 0 Å². The van der Waals surface area contributed by atoms with E-state index in [1.54, 1.807) is 24.3 Å². The second-order valence-electron chi connectivity index (χ2n) is 7.16. The maximum absolute atomic E-state index is 14.1. The number of carbonyl (C=O) groups excluding carboxylic acids is 1. The van der Waals surface area contributed by atoms with E-state index in [-0.39, 0.29) is 23.8 Å². The lowest BCUT2D eigenvalue weighted by Crippen LogP contribution is -2.40. The van der Waals surface area contributed by atoms with Gasteiger partial charge in [0.25, 0.3) is 5.91 Å². The first-order chi connectivity index (χ1) is 15.1. The summed E-state index contributed by atoms with van der Waals surface area (Å²) in [5, 5.41) is 0.407. The summed E-state index contributed by atoms with van der Waals surface area (Å²) in [6.45, 7) is 4.00. The molecular formula is C22H23F2N3O3S. The number of ether oxygens (including phenoxy) is 2. The van der Waals surface area contributed by atoms with Gasteiger partial charge < -0.3 is 9.47 Å². The zero-order chi connectivity index (χ0) is 21.6. The molecule has 0 atom stereocenters. The molecule has 2 heterocycles. The van der Waals surface area contributed by atoms with E-state index < -0.39 is 11.6 Å². The first-order valence-corrected chi connectivity index (χ1v) is 11.0. The molecule has 1 fully saturated rings. The van der Waals surface area contributed by atoms with Gasteiger partial charge in [0.05, 0.1) is 17.9 Å². The van der Waals surface area contributed by atoms with E-state index in [4.69, 9.17) is 9.47 Å². The number of aromatic nitrogens is 1. The number of amides is 1. The van der Waals surface area contributed by atoms with E-state index in [0.29, 0.717) is 36.0 Å². The fourth-order valence-corrected chi connectivity index (χ4v) is 4.43. The third kappa shape index (κ3) is 5.36. The van der Waals surface area contributed by atoms with Gasteiger partial charge in [-0.25, -0.2) is 13.8 Å². The van der Waals surface area contributed by atoms with E-state index >= 15 is 0 Å². The van der Waals surface area contributed by atoms with Crippen molar-refractivity contribution in [1.82, 2.24) is 9.88 Å². The predicted molar refractivity (Wildman–Crippen MR) is 116 cm³/mol. The summed E-state index contributed by atoms with van der Waals surface area (Å²) in [7, 11) is 0. The van der Waals surface area contributed by atoms with Gasteiger partial charge in [0.15, 0.2) is 23.3 Å². The monoisotopic (exact) mass is 447 g/mol. The van der Waals surface area contributed by atoms with Crippen LogP contribution in [0.5, 0.6) is 5.75 Å². The Labute approximate surface area is 183 Å². The lowest BCUT2D eigenvalue weighted by atomic mass is 10.3. The van der Waals surface area contributed by atoms with Crippen molar-refractivity contribution in [2.45, 2.75) is 6.42 Å². The number of halogens is 2. The zero-order valence-corrected chi connectivity index (χ0v) is 17.7. The number of para-hydroxylation sites is 2. The number of hydrogen-bond donors (Lipinski definition) is 0. The molecule has 1 aromatic heterocycles. The molecule has 1 saturated heterocycles. The summed E-state index contributed by atoms with van der Waals surface area (Å²) < 4.78 is 39.4. The molecule has 31 heavy (non-hydrogen) atoms. The Morgan fingerprint density at radius 3 is 2.68 bits per heavy atom. The number of anilines is 1. The molecule has 9 heteroatoms. The van der Waals surface area contributed by atoms with E-state index in [0.717, 1.165) is 19.6 Å². The van der Waals surface area contributed by atoms with Crippen LogP contribution in [-0.4, -0.2) is 61.8 Å². The van der Waals surface area contributed by atoms with Gasteiger partial charge in [0, 0.05) is 26.2 Å². The highest BCUT2D eigenvalue weighted by Crippen LogP contribution is 2.30. The van der Waals surface area contributed by atoms with Crippen LogP contribution in [0.1, 0.15) is 6.42 Å². The van der Waals surface area contributed by atoms with Crippen LogP contribution in [0.3, 0.4) is 0 Å². The van der Waals surface area contributed by atoms with Crippen LogP contribution < -0.4 is 9.64 Å². The maximum Gasteiger partial charge on any atom is 0.266 e. The summed E-state index contributed by atoms with van der Waals surface area (Å²) in [4.78, 5) is 21.1. The molecule has 0 bridgehead atoms. The third-order valence-corrected chi connectivity index (χ3v) is 6.08. The van der Waals surface area contributed by atoms with Crippen LogP contribution in [0.15, 0.2) is 42.5 Å². The average molecular weight is 448 g/mol. The third-order valence-electron chi connectivity index (χ3n) is 5.04. The SMILES string of the molecule is O=C(COc1ccccc1F)N(CCCN1CCOCC1)c1nc2c(F)cccc2s1. The molecule has 0 spiro atoms. The van der Waals surface area contributed by atoms with Gasteiger partial charge >= 0.3 is 0 Å². The van der Waals surface area contributed by atoms with Crippen LogP contribution in [0.4, 0.5) is 13.9 Å². The van der Waals surface area contributed by atoms with Crippen LogP contribution in [0.2, 0.25) is 0 Å². The van der Waals surface area contributed by atoms with Crippen molar-refractivity contribution in [3.8, 4) is 5.75 Å². The molecule has 4 rings (SSSR count). The summed E-state index contributed by atoms with van der Waals surface area (Å²) in [6, 6.07) is 10.7. The van der Waals surface area contributed by atoms with Crippen molar-refractivity contribution in [1.29, 1.82) is 0 Å². The number of fused-ring (bicyclic) bond motifs is 1. The second-order valence-corrected chi connectivity index (χ2v) is 8.16. The Morgan fingerprint density at radius 2 is 1.90 bits per heavy atom. The van der Waals surface area contributed by atoms with Gasteiger partial charge in [0.1, 0.15) is 11.3 Å². The topological polar surface area (TPSA) is 54.9 Å². The van der Waals surface area contributed by atoms with Crippen molar-refractivity contribution >= 4 is 32.6 Å². The molecular weight excluding hydrogens is 424 g/mol. The number of hydrogen-bond acceptors (Lipinski definition) is 6. The molecule has 6 nitrogen and oxygen atoms in total. The Balaban J connectivity index is 1.48. The number of morpholine rings is 1. The van der Waals surface area contributed by atoms with Gasteiger partial charge in [0.2, 0.25) is 0 Å². The molecule has 0 saturated carbocycles. The Kier molecular flexibility index (Phi) is 7.06. The van der Waals surface area contributed by atoms with Crippen LogP contribution in [0.25, 0.3) is 10.2 Å². The summed E-state index contributed by atoms with van der Waals surface area (Å²) in [6.07, 6.45) is 0.712. The Morgan fingerprint density at radius 1 is 1.13 bits per heavy atom. The minimum absolute atomic E-state index is 0.0134. The summed E-state index contributed by atoms with van der Waals surface area (Å²) in [5.74, 6) is -1.30. The van der Waals surface area contributed by atoms with Gasteiger partial charge in [-0.2, -0.15) is 0 Å². The van der Waals surface area contributed by atoms with E-state index in [2.05, 4.69) is 9.88 Å². The summed E-state index contributed by atoms with van der Waals surface area (Å²) >= 11 is 1.25. The largest absolute Gasteiger partial charge is 0.481 e. The molecule has 0 N–H and O–H groups in total. The van der Waals surface area contributed by atoms with Crippen LogP contribution in [0, 0.1) is 11.6 Å². The second kappa shape index (κ2) is 10.1. The fourth-order valence-electron chi connectivity index (χ4n) is 3.40. The normalized spacial score (nSPS) is 14.6. The number of nitrogens with zero attached hydrogens (tertiary/aromatic N) is 3. The summed E-state index contributed by atoms with van der Waals surface area (Å²) in [5.41, 5.74) is 0.239. The maximum atomic E-state index is 14.1. The Hall–Kier alpha value is -2.62. The molecule has 1 amide bonds. The first-order valence-electron chi connectivity index (χ1n) is 10.1. The van der Waals surface area contributed by atoms with Crippen molar-refractivity contribution < 1.29 is 23.0 Å². The van der Waals surface area contributed by atoms with Gasteiger partial charge in [-0.3, -0.25) is 14.6 Å². The molecule has 1 aliphatic rings. The quantitative estimate of drug-likeness (QED) is 0.527. The van der Waals surface area contributed by atoms with Gasteiger partial charge in [-0.1, -0.05) is 29.5 Å². The highest BCUT2D eigenvalue weighted by molar-refractivity contribution is 7.22. The molecule has 0 unspecified atom stereocenters. The Bertz CT molecular complexity index is 1040. The molecule has 1 aliphatic heterocycles. The van der Waals surface area contributed by atoms with Crippen LogP contribution >= 0.6 is 11.3 Å². The van der Waals surface area contributed by atoms with E-state index in [1.165, 1.54) is 34.4 Å². The predicted octanol–water partition coefficient (Wildman–Crippen LogP) is 3.71. The smallest absolute Gasteiger partial charge is 0.266 e. The average Bonchev–Trinajstić information content (AvgIpc) is 3.22. The number of thiazole rings is 1. The minimum Gasteiger partial charge on any atom is -0.481 e. The fraction of sp³-hybridized carbons (Fsp3) is 0.364. The molecule has 2 aromatic carbocycles. The lowest BCUT2D eigenvalue weighted by Gasteiger charge is -2.27. The molecule has 164 valence electrons. The number of benzene rings is 2. The highest BCUT2D eigenvalue weighted by Gasteiger charge is 2.22. The lowest BCUT2D eigenvalue weighted by molar-refractivity contribution is -0.120. The van der Waals surface area contributed by atoms with Crippen molar-refractivity contribution in [3.05, 3.63) is 54.1 Å².